The first-order valence-electron chi connectivity index (χ1n) is 9.61. The van der Waals surface area contributed by atoms with Crippen molar-refractivity contribution in [3.8, 4) is 0 Å². The number of aryl methyl sites for hydroxylation is 1. The molecule has 138 valence electrons. The van der Waals surface area contributed by atoms with Crippen LogP contribution in [-0.4, -0.2) is 24.4 Å². The molecule has 0 aromatic heterocycles. The van der Waals surface area contributed by atoms with Gasteiger partial charge in [0, 0.05) is 12.5 Å². The average molecular weight is 344 g/mol. The van der Waals surface area contributed by atoms with Crippen LogP contribution >= 0.6 is 0 Å². The van der Waals surface area contributed by atoms with E-state index >= 15 is 0 Å². The number of amides is 2. The molecule has 1 aliphatic rings. The Labute approximate surface area is 151 Å². The highest BCUT2D eigenvalue weighted by Crippen LogP contribution is 2.24. The van der Waals surface area contributed by atoms with Gasteiger partial charge < -0.3 is 10.6 Å². The van der Waals surface area contributed by atoms with E-state index in [0.717, 1.165) is 32.1 Å². The second kappa shape index (κ2) is 9.59. The number of carbonyl (C=O) groups excluding carboxylic acids is 2. The van der Waals surface area contributed by atoms with E-state index < -0.39 is 6.04 Å². The van der Waals surface area contributed by atoms with Crippen molar-refractivity contribution in [1.29, 1.82) is 0 Å². The van der Waals surface area contributed by atoms with Crippen molar-refractivity contribution in [2.75, 3.05) is 6.54 Å². The van der Waals surface area contributed by atoms with E-state index in [0.29, 0.717) is 6.54 Å². The topological polar surface area (TPSA) is 58.2 Å². The summed E-state index contributed by atoms with van der Waals surface area (Å²) in [5, 5.41) is 5.99. The highest BCUT2D eigenvalue weighted by Gasteiger charge is 2.28. The Morgan fingerprint density at radius 2 is 1.80 bits per heavy atom. The molecule has 0 spiro atoms. The van der Waals surface area contributed by atoms with Crippen LogP contribution in [0.3, 0.4) is 0 Å². The number of hydrogen-bond acceptors (Lipinski definition) is 2. The van der Waals surface area contributed by atoms with Crippen molar-refractivity contribution in [3.05, 3.63) is 35.4 Å². The first-order valence-corrected chi connectivity index (χ1v) is 9.61. The number of rotatable bonds is 7. The van der Waals surface area contributed by atoms with Gasteiger partial charge in [0.15, 0.2) is 0 Å². The van der Waals surface area contributed by atoms with Gasteiger partial charge in [0.2, 0.25) is 11.8 Å². The third kappa shape index (κ3) is 5.87. The summed E-state index contributed by atoms with van der Waals surface area (Å²) in [6.45, 7) is 6.63. The van der Waals surface area contributed by atoms with Crippen molar-refractivity contribution >= 4 is 11.8 Å². The molecular weight excluding hydrogens is 312 g/mol. The van der Waals surface area contributed by atoms with Gasteiger partial charge in [0.1, 0.15) is 6.04 Å². The lowest BCUT2D eigenvalue weighted by Crippen LogP contribution is -2.51. The smallest absolute Gasteiger partial charge is 0.242 e. The highest BCUT2D eigenvalue weighted by molar-refractivity contribution is 5.88. The minimum Gasteiger partial charge on any atom is -0.354 e. The molecule has 25 heavy (non-hydrogen) atoms. The van der Waals surface area contributed by atoms with Crippen LogP contribution in [0.1, 0.15) is 57.1 Å². The summed E-state index contributed by atoms with van der Waals surface area (Å²) in [6.07, 6.45) is 6.16. The fraction of sp³-hybridized carbons (Fsp3) is 0.619. The molecule has 0 heterocycles. The Balaban J connectivity index is 1.85. The normalized spacial score (nSPS) is 16.5. The first-order chi connectivity index (χ1) is 12.0. The fourth-order valence-electron chi connectivity index (χ4n) is 3.49. The number of nitrogens with one attached hydrogen (secondary N) is 2. The first kappa shape index (κ1) is 19.5. The van der Waals surface area contributed by atoms with E-state index in [9.17, 15) is 9.59 Å². The molecule has 1 atom stereocenters. The van der Waals surface area contributed by atoms with E-state index in [-0.39, 0.29) is 23.7 Å². The van der Waals surface area contributed by atoms with Crippen molar-refractivity contribution in [2.45, 2.75) is 65.3 Å². The number of benzene rings is 1. The van der Waals surface area contributed by atoms with Gasteiger partial charge in [-0.15, -0.1) is 0 Å². The van der Waals surface area contributed by atoms with Crippen molar-refractivity contribution < 1.29 is 9.59 Å². The summed E-state index contributed by atoms with van der Waals surface area (Å²) in [5.74, 6) is 0.126. The Kier molecular flexibility index (Phi) is 7.48. The predicted molar refractivity (Wildman–Crippen MR) is 101 cm³/mol. The maximum Gasteiger partial charge on any atom is 0.242 e. The summed E-state index contributed by atoms with van der Waals surface area (Å²) < 4.78 is 0. The fourth-order valence-corrected chi connectivity index (χ4v) is 3.49. The minimum atomic E-state index is -0.453. The molecule has 1 saturated carbocycles. The third-order valence-electron chi connectivity index (χ3n) is 5.18. The van der Waals surface area contributed by atoms with E-state index in [4.69, 9.17) is 0 Å². The van der Waals surface area contributed by atoms with Crippen LogP contribution in [0.4, 0.5) is 0 Å². The van der Waals surface area contributed by atoms with Crippen LogP contribution in [0.5, 0.6) is 0 Å². The second-order valence-electron chi connectivity index (χ2n) is 7.53. The van der Waals surface area contributed by atoms with Crippen LogP contribution in [0.2, 0.25) is 0 Å². The lowest BCUT2D eigenvalue weighted by atomic mass is 9.88. The van der Waals surface area contributed by atoms with Crippen molar-refractivity contribution in [1.82, 2.24) is 10.6 Å². The average Bonchev–Trinajstić information content (AvgIpc) is 2.61. The van der Waals surface area contributed by atoms with Crippen LogP contribution < -0.4 is 10.6 Å². The molecule has 1 aromatic carbocycles. The van der Waals surface area contributed by atoms with Crippen LogP contribution in [0, 0.1) is 18.8 Å². The molecular formula is C21H32N2O2. The Morgan fingerprint density at radius 1 is 1.12 bits per heavy atom. The Bertz CT molecular complexity index is 577. The van der Waals surface area contributed by atoms with Gasteiger partial charge in [-0.25, -0.2) is 0 Å². The van der Waals surface area contributed by atoms with E-state index in [2.05, 4.69) is 29.7 Å². The van der Waals surface area contributed by atoms with Gasteiger partial charge >= 0.3 is 0 Å². The molecule has 4 heteroatoms. The zero-order valence-electron chi connectivity index (χ0n) is 15.8. The zero-order valence-corrected chi connectivity index (χ0v) is 15.8. The maximum atomic E-state index is 12.6. The number of hydrogen-bond donors (Lipinski definition) is 2. The van der Waals surface area contributed by atoms with Crippen LogP contribution in [-0.2, 0) is 16.0 Å². The van der Waals surface area contributed by atoms with Crippen LogP contribution in [0.25, 0.3) is 0 Å². The van der Waals surface area contributed by atoms with Crippen LogP contribution in [0.15, 0.2) is 24.3 Å². The quantitative estimate of drug-likeness (QED) is 0.797. The summed E-state index contributed by atoms with van der Waals surface area (Å²) in [7, 11) is 0. The van der Waals surface area contributed by atoms with E-state index in [1.807, 2.05) is 26.0 Å². The lowest BCUT2D eigenvalue weighted by molar-refractivity contribution is -0.132. The largest absolute Gasteiger partial charge is 0.354 e. The van der Waals surface area contributed by atoms with Gasteiger partial charge in [-0.05, 0) is 43.2 Å². The molecule has 0 bridgehead atoms. The molecule has 1 fully saturated rings. The van der Waals surface area contributed by atoms with E-state index in [1.54, 1.807) is 0 Å². The summed E-state index contributed by atoms with van der Waals surface area (Å²) in [6, 6.07) is 7.76. The van der Waals surface area contributed by atoms with E-state index in [1.165, 1.54) is 17.5 Å². The Hall–Kier alpha value is -1.84. The summed E-state index contributed by atoms with van der Waals surface area (Å²) in [4.78, 5) is 25.0. The monoisotopic (exact) mass is 344 g/mol. The highest BCUT2D eigenvalue weighted by atomic mass is 16.2. The molecule has 2 rings (SSSR count). The lowest BCUT2D eigenvalue weighted by Gasteiger charge is -2.26. The zero-order chi connectivity index (χ0) is 18.2. The molecule has 1 aliphatic carbocycles. The molecule has 0 aliphatic heterocycles. The molecule has 1 aromatic rings. The molecule has 2 N–H and O–H groups in total. The molecule has 0 saturated heterocycles. The van der Waals surface area contributed by atoms with Crippen molar-refractivity contribution in [3.63, 3.8) is 0 Å². The molecule has 1 unspecified atom stereocenters. The van der Waals surface area contributed by atoms with Gasteiger partial charge in [-0.1, -0.05) is 57.4 Å². The SMILES string of the molecule is Cc1ccccc1CCNC(=O)C(NC(=O)C1CCCCC1)C(C)C. The van der Waals surface area contributed by atoms with Gasteiger partial charge in [0.05, 0.1) is 0 Å². The number of carbonyl (C=O) groups is 2. The molecule has 4 nitrogen and oxygen atoms in total. The van der Waals surface area contributed by atoms with Gasteiger partial charge in [-0.3, -0.25) is 9.59 Å². The summed E-state index contributed by atoms with van der Waals surface area (Å²) >= 11 is 0. The van der Waals surface area contributed by atoms with Gasteiger partial charge in [0.25, 0.3) is 0 Å². The molecule has 0 radical (unpaired) electrons. The molecule has 2 amide bonds. The minimum absolute atomic E-state index is 0.0486. The standard InChI is InChI=1S/C21H32N2O2/c1-15(2)19(23-20(24)18-11-5-4-6-12-18)21(25)22-14-13-17-10-8-7-9-16(17)3/h7-10,15,18-19H,4-6,11-14H2,1-3H3,(H,22,25)(H,23,24). The maximum absolute atomic E-state index is 12.6. The van der Waals surface area contributed by atoms with Gasteiger partial charge in [-0.2, -0.15) is 0 Å². The third-order valence-corrected chi connectivity index (χ3v) is 5.18. The van der Waals surface area contributed by atoms with Crippen molar-refractivity contribution in [2.24, 2.45) is 11.8 Å². The predicted octanol–water partition coefficient (Wildman–Crippen LogP) is 3.37. The Morgan fingerprint density at radius 3 is 2.44 bits per heavy atom. The second-order valence-corrected chi connectivity index (χ2v) is 7.53. The summed E-state index contributed by atoms with van der Waals surface area (Å²) in [5.41, 5.74) is 2.48.